The Morgan fingerprint density at radius 2 is 1.76 bits per heavy atom. The van der Waals surface area contributed by atoms with E-state index in [0.717, 1.165) is 35.6 Å². The molecule has 1 aliphatic rings. The summed E-state index contributed by atoms with van der Waals surface area (Å²) in [5.74, 6) is 1.44. The molecule has 0 atom stereocenters. The van der Waals surface area contributed by atoms with Crippen molar-refractivity contribution in [3.63, 3.8) is 0 Å². The second-order valence-electron chi connectivity index (χ2n) is 9.58. The maximum atomic E-state index is 13.8. The van der Waals surface area contributed by atoms with Crippen LogP contribution in [0.25, 0.3) is 11.3 Å². The van der Waals surface area contributed by atoms with Gasteiger partial charge in [-0.05, 0) is 90.9 Å². The van der Waals surface area contributed by atoms with Crippen molar-refractivity contribution < 1.29 is 18.7 Å². The summed E-state index contributed by atoms with van der Waals surface area (Å²) in [6.45, 7) is 1.60. The van der Waals surface area contributed by atoms with Crippen molar-refractivity contribution in [2.24, 2.45) is 0 Å². The summed E-state index contributed by atoms with van der Waals surface area (Å²) in [6, 6.07) is 24.9. The van der Waals surface area contributed by atoms with E-state index in [1.54, 1.807) is 19.2 Å². The maximum Gasteiger partial charge on any atom is 0.220 e. The Kier molecular flexibility index (Phi) is 8.07. The van der Waals surface area contributed by atoms with Gasteiger partial charge in [-0.15, -0.1) is 0 Å². The average molecular weight is 513 g/mol. The number of methoxy groups -OCH3 is 1. The monoisotopic (exact) mass is 512 g/mol. The highest BCUT2D eigenvalue weighted by Crippen LogP contribution is 2.38. The number of amides is 1. The minimum Gasteiger partial charge on any atom is -0.497 e. The molecule has 0 saturated carbocycles. The average Bonchev–Trinajstić information content (AvgIpc) is 3.31. The summed E-state index contributed by atoms with van der Waals surface area (Å²) >= 11 is 0. The predicted molar refractivity (Wildman–Crippen MR) is 147 cm³/mol. The van der Waals surface area contributed by atoms with Crippen LogP contribution in [-0.2, 0) is 37.0 Å². The van der Waals surface area contributed by atoms with E-state index < -0.39 is 0 Å². The van der Waals surface area contributed by atoms with Crippen molar-refractivity contribution in [3.05, 3.63) is 107 Å². The van der Waals surface area contributed by atoms with E-state index >= 15 is 0 Å². The van der Waals surface area contributed by atoms with Crippen LogP contribution in [0.3, 0.4) is 0 Å². The number of carbonyl (C=O) groups excluding carboxylic acids is 1. The van der Waals surface area contributed by atoms with Gasteiger partial charge in [0.15, 0.2) is 0 Å². The Labute approximate surface area is 223 Å². The highest BCUT2D eigenvalue weighted by Gasteiger charge is 2.23. The van der Waals surface area contributed by atoms with E-state index in [4.69, 9.17) is 9.47 Å². The van der Waals surface area contributed by atoms with Gasteiger partial charge >= 0.3 is 0 Å². The van der Waals surface area contributed by atoms with E-state index in [-0.39, 0.29) is 11.7 Å². The molecule has 0 radical (unpaired) electrons. The standard InChI is InChI=1S/C32H33FN2O3/c1-37-29-13-14-30-24(22-29)10-11-25-21-27(35(32(25)30)18-16-23-6-5-7-26(33)20-23)12-15-31(36)34-17-19-38-28-8-3-2-4-9-28/h2-9,13-14,20-22H,10-12,15-19H2,1H3,(H,34,36). The summed E-state index contributed by atoms with van der Waals surface area (Å²) < 4.78 is 27.3. The normalized spacial score (nSPS) is 11.9. The lowest BCUT2D eigenvalue weighted by atomic mass is 9.90. The lowest BCUT2D eigenvalue weighted by Crippen LogP contribution is -2.28. The van der Waals surface area contributed by atoms with Gasteiger partial charge in [-0.1, -0.05) is 30.3 Å². The van der Waals surface area contributed by atoms with Gasteiger partial charge in [-0.2, -0.15) is 0 Å². The Morgan fingerprint density at radius 1 is 0.921 bits per heavy atom. The van der Waals surface area contributed by atoms with Crippen LogP contribution in [0.1, 0.15) is 28.8 Å². The number of nitrogens with zero attached hydrogens (tertiary/aromatic N) is 1. The number of aromatic nitrogens is 1. The topological polar surface area (TPSA) is 52.5 Å². The minimum absolute atomic E-state index is 0.00245. The smallest absolute Gasteiger partial charge is 0.220 e. The van der Waals surface area contributed by atoms with E-state index in [9.17, 15) is 9.18 Å². The van der Waals surface area contributed by atoms with Crippen LogP contribution in [0, 0.1) is 5.82 Å². The SMILES string of the molecule is COc1ccc2c(c1)CCc1cc(CCC(=O)NCCOc3ccccc3)n(CCc3cccc(F)c3)c1-2. The number of aryl methyl sites for hydroxylation is 4. The van der Waals surface area contributed by atoms with Crippen LogP contribution in [0.5, 0.6) is 11.5 Å². The molecule has 196 valence electrons. The highest BCUT2D eigenvalue weighted by molar-refractivity contribution is 5.76. The largest absolute Gasteiger partial charge is 0.497 e. The molecule has 1 aliphatic carbocycles. The van der Waals surface area contributed by atoms with Gasteiger partial charge in [0.1, 0.15) is 23.9 Å². The van der Waals surface area contributed by atoms with Crippen LogP contribution in [0.4, 0.5) is 4.39 Å². The zero-order chi connectivity index (χ0) is 26.3. The zero-order valence-corrected chi connectivity index (χ0v) is 21.7. The van der Waals surface area contributed by atoms with Crippen molar-refractivity contribution in [3.8, 4) is 22.8 Å². The van der Waals surface area contributed by atoms with E-state index in [1.165, 1.54) is 28.5 Å². The fraction of sp³-hybridized carbons (Fsp3) is 0.281. The number of benzene rings is 3. The van der Waals surface area contributed by atoms with Crippen LogP contribution < -0.4 is 14.8 Å². The first-order valence-electron chi connectivity index (χ1n) is 13.2. The van der Waals surface area contributed by atoms with Gasteiger partial charge in [0.25, 0.3) is 0 Å². The van der Waals surface area contributed by atoms with Crippen molar-refractivity contribution in [2.75, 3.05) is 20.3 Å². The molecule has 1 aromatic heterocycles. The number of rotatable bonds is 11. The molecular formula is C32H33FN2O3. The third-order valence-corrected chi connectivity index (χ3v) is 7.05. The zero-order valence-electron chi connectivity index (χ0n) is 21.7. The van der Waals surface area contributed by atoms with Crippen molar-refractivity contribution >= 4 is 5.91 Å². The number of fused-ring (bicyclic) bond motifs is 3. The van der Waals surface area contributed by atoms with Crippen LogP contribution in [0.2, 0.25) is 0 Å². The third-order valence-electron chi connectivity index (χ3n) is 7.05. The second kappa shape index (κ2) is 12.0. The molecule has 4 aromatic rings. The van der Waals surface area contributed by atoms with Gasteiger partial charge in [0.2, 0.25) is 5.91 Å². The summed E-state index contributed by atoms with van der Waals surface area (Å²) in [4.78, 5) is 12.6. The first kappa shape index (κ1) is 25.6. The lowest BCUT2D eigenvalue weighted by Gasteiger charge is -2.21. The van der Waals surface area contributed by atoms with Crippen molar-refractivity contribution in [2.45, 2.75) is 38.6 Å². The highest BCUT2D eigenvalue weighted by atomic mass is 19.1. The molecule has 0 fully saturated rings. The van der Waals surface area contributed by atoms with Gasteiger partial charge in [0, 0.05) is 24.2 Å². The molecular weight excluding hydrogens is 479 g/mol. The lowest BCUT2D eigenvalue weighted by molar-refractivity contribution is -0.121. The van der Waals surface area contributed by atoms with Gasteiger partial charge < -0.3 is 19.4 Å². The molecule has 5 rings (SSSR count). The number of halogens is 1. The van der Waals surface area contributed by atoms with Gasteiger partial charge in [-0.3, -0.25) is 4.79 Å². The summed E-state index contributed by atoms with van der Waals surface area (Å²) in [7, 11) is 1.69. The Bertz CT molecular complexity index is 1400. The number of hydrogen-bond donors (Lipinski definition) is 1. The van der Waals surface area contributed by atoms with Crippen molar-refractivity contribution in [1.29, 1.82) is 0 Å². The van der Waals surface area contributed by atoms with E-state index in [1.807, 2.05) is 42.5 Å². The molecule has 0 aliphatic heterocycles. The molecule has 1 heterocycles. The number of nitrogens with one attached hydrogen (secondary N) is 1. The number of ether oxygens (including phenoxy) is 2. The molecule has 38 heavy (non-hydrogen) atoms. The number of hydrogen-bond acceptors (Lipinski definition) is 3. The Morgan fingerprint density at radius 3 is 2.58 bits per heavy atom. The first-order chi connectivity index (χ1) is 18.6. The van der Waals surface area contributed by atoms with Crippen LogP contribution in [-0.4, -0.2) is 30.7 Å². The van der Waals surface area contributed by atoms with Gasteiger partial charge in [-0.25, -0.2) is 4.39 Å². The molecule has 0 unspecified atom stereocenters. The first-order valence-corrected chi connectivity index (χ1v) is 13.2. The number of para-hydroxylation sites is 1. The van der Waals surface area contributed by atoms with Crippen LogP contribution >= 0.6 is 0 Å². The fourth-order valence-corrected chi connectivity index (χ4v) is 5.18. The predicted octanol–water partition coefficient (Wildman–Crippen LogP) is 5.77. The second-order valence-corrected chi connectivity index (χ2v) is 9.58. The molecule has 0 bridgehead atoms. The maximum absolute atomic E-state index is 13.8. The van der Waals surface area contributed by atoms with Gasteiger partial charge in [0.05, 0.1) is 19.3 Å². The molecule has 6 heteroatoms. The number of carbonyl (C=O) groups is 1. The molecule has 1 amide bonds. The Balaban J connectivity index is 1.29. The summed E-state index contributed by atoms with van der Waals surface area (Å²) in [5, 5.41) is 2.97. The minimum atomic E-state index is -0.220. The molecule has 1 N–H and O–H groups in total. The Hall–Kier alpha value is -4.06. The molecule has 5 nitrogen and oxygen atoms in total. The summed E-state index contributed by atoms with van der Waals surface area (Å²) in [5.41, 5.74) is 7.07. The third kappa shape index (κ3) is 6.08. The molecule has 3 aromatic carbocycles. The molecule has 0 saturated heterocycles. The van der Waals surface area contributed by atoms with E-state index in [2.05, 4.69) is 28.1 Å². The van der Waals surface area contributed by atoms with Crippen LogP contribution in [0.15, 0.2) is 78.9 Å². The van der Waals surface area contributed by atoms with Crippen molar-refractivity contribution in [1.82, 2.24) is 9.88 Å². The fourth-order valence-electron chi connectivity index (χ4n) is 5.18. The molecule has 0 spiro atoms. The summed E-state index contributed by atoms with van der Waals surface area (Å²) in [6.07, 6.45) is 3.63. The quantitative estimate of drug-likeness (QED) is 0.260. The van der Waals surface area contributed by atoms with E-state index in [0.29, 0.717) is 39.0 Å².